The SMILES string of the molecule is CCN(CC)S(=O)(=O)c1ccc(C(=O)N2CCCC2c2ccc(OC)cc2)cc1. The lowest BCUT2D eigenvalue weighted by Gasteiger charge is -2.25. The van der Waals surface area contributed by atoms with Crippen LogP contribution in [0.15, 0.2) is 53.4 Å². The Morgan fingerprint density at radius 2 is 1.69 bits per heavy atom. The molecule has 1 unspecified atom stereocenters. The Balaban J connectivity index is 1.80. The third-order valence-electron chi connectivity index (χ3n) is 5.46. The highest BCUT2D eigenvalue weighted by Gasteiger charge is 2.31. The lowest BCUT2D eigenvalue weighted by atomic mass is 10.0. The molecule has 1 fully saturated rings. The average molecular weight is 417 g/mol. The molecule has 0 aliphatic carbocycles. The van der Waals surface area contributed by atoms with E-state index in [-0.39, 0.29) is 16.8 Å². The Morgan fingerprint density at radius 1 is 1.07 bits per heavy atom. The van der Waals surface area contributed by atoms with Gasteiger partial charge in [-0.25, -0.2) is 8.42 Å². The minimum absolute atomic E-state index is 0.0208. The van der Waals surface area contributed by atoms with Crippen LogP contribution in [-0.4, -0.2) is 50.3 Å². The van der Waals surface area contributed by atoms with Crippen LogP contribution in [-0.2, 0) is 10.0 Å². The smallest absolute Gasteiger partial charge is 0.254 e. The molecule has 1 heterocycles. The number of sulfonamides is 1. The van der Waals surface area contributed by atoms with E-state index in [1.807, 2.05) is 43.0 Å². The fraction of sp³-hybridized carbons (Fsp3) is 0.409. The van der Waals surface area contributed by atoms with Crippen molar-refractivity contribution in [1.29, 1.82) is 0 Å². The zero-order valence-corrected chi connectivity index (χ0v) is 18.0. The van der Waals surface area contributed by atoms with Crippen molar-refractivity contribution in [2.45, 2.75) is 37.6 Å². The molecule has 1 aliphatic rings. The molecule has 1 atom stereocenters. The number of hydrogen-bond donors (Lipinski definition) is 0. The lowest BCUT2D eigenvalue weighted by molar-refractivity contribution is 0.0735. The molecule has 29 heavy (non-hydrogen) atoms. The topological polar surface area (TPSA) is 66.9 Å². The fourth-order valence-electron chi connectivity index (χ4n) is 3.83. The number of ether oxygens (including phenoxy) is 1. The summed E-state index contributed by atoms with van der Waals surface area (Å²) in [6.45, 7) is 5.14. The number of carbonyl (C=O) groups excluding carboxylic acids is 1. The van der Waals surface area contributed by atoms with E-state index in [0.29, 0.717) is 25.2 Å². The van der Waals surface area contributed by atoms with Crippen LogP contribution in [0.1, 0.15) is 48.7 Å². The number of carbonyl (C=O) groups is 1. The van der Waals surface area contributed by atoms with Gasteiger partial charge in [0.25, 0.3) is 5.91 Å². The molecule has 2 aromatic carbocycles. The van der Waals surface area contributed by atoms with Crippen LogP contribution < -0.4 is 4.74 Å². The van der Waals surface area contributed by atoms with Crippen molar-refractivity contribution >= 4 is 15.9 Å². The van der Waals surface area contributed by atoms with Crippen molar-refractivity contribution in [2.24, 2.45) is 0 Å². The van der Waals surface area contributed by atoms with Crippen molar-refractivity contribution in [3.63, 3.8) is 0 Å². The molecule has 0 saturated carbocycles. The van der Waals surface area contributed by atoms with E-state index in [2.05, 4.69) is 0 Å². The van der Waals surface area contributed by atoms with Crippen LogP contribution in [0, 0.1) is 0 Å². The van der Waals surface area contributed by atoms with Crippen LogP contribution in [0.25, 0.3) is 0 Å². The molecule has 0 radical (unpaired) electrons. The number of likely N-dealkylation sites (tertiary alicyclic amines) is 1. The first kappa shape index (κ1) is 21.3. The zero-order valence-electron chi connectivity index (χ0n) is 17.2. The van der Waals surface area contributed by atoms with Gasteiger partial charge >= 0.3 is 0 Å². The maximum absolute atomic E-state index is 13.1. The molecule has 0 bridgehead atoms. The molecular weight excluding hydrogens is 388 g/mol. The number of nitrogens with zero attached hydrogens (tertiary/aromatic N) is 2. The number of rotatable bonds is 7. The van der Waals surface area contributed by atoms with Gasteiger partial charge < -0.3 is 9.64 Å². The van der Waals surface area contributed by atoms with Crippen LogP contribution in [0.5, 0.6) is 5.75 Å². The summed E-state index contributed by atoms with van der Waals surface area (Å²) in [7, 11) is -1.90. The Bertz CT molecular complexity index is 936. The van der Waals surface area contributed by atoms with Crippen molar-refractivity contribution in [3.8, 4) is 5.75 Å². The first-order valence-corrected chi connectivity index (χ1v) is 11.4. The van der Waals surface area contributed by atoms with Crippen LogP contribution in [0.2, 0.25) is 0 Å². The van der Waals surface area contributed by atoms with Crippen LogP contribution in [0.3, 0.4) is 0 Å². The Kier molecular flexibility index (Phi) is 6.59. The molecule has 1 saturated heterocycles. The molecule has 2 aromatic rings. The monoisotopic (exact) mass is 416 g/mol. The van der Waals surface area contributed by atoms with Gasteiger partial charge in [0.15, 0.2) is 0 Å². The molecule has 7 heteroatoms. The maximum Gasteiger partial charge on any atom is 0.254 e. The first-order valence-electron chi connectivity index (χ1n) is 9.97. The van der Waals surface area contributed by atoms with E-state index in [9.17, 15) is 13.2 Å². The Labute approximate surface area is 173 Å². The zero-order chi connectivity index (χ0) is 21.0. The number of methoxy groups -OCH3 is 1. The highest BCUT2D eigenvalue weighted by atomic mass is 32.2. The molecule has 0 aromatic heterocycles. The molecule has 0 spiro atoms. The number of hydrogen-bond acceptors (Lipinski definition) is 4. The Hall–Kier alpha value is -2.38. The van der Waals surface area contributed by atoms with E-state index in [1.165, 1.54) is 16.4 Å². The molecular formula is C22H28N2O4S. The van der Waals surface area contributed by atoms with Crippen molar-refractivity contribution in [2.75, 3.05) is 26.7 Å². The first-order chi connectivity index (χ1) is 13.9. The van der Waals surface area contributed by atoms with E-state index < -0.39 is 10.0 Å². The summed E-state index contributed by atoms with van der Waals surface area (Å²) in [5, 5.41) is 0. The largest absolute Gasteiger partial charge is 0.497 e. The van der Waals surface area contributed by atoms with Crippen LogP contribution >= 0.6 is 0 Å². The second-order valence-electron chi connectivity index (χ2n) is 7.04. The predicted molar refractivity (Wildman–Crippen MR) is 113 cm³/mol. The van der Waals surface area contributed by atoms with Crippen molar-refractivity contribution in [3.05, 3.63) is 59.7 Å². The number of amides is 1. The number of benzene rings is 2. The molecule has 1 amide bonds. The fourth-order valence-corrected chi connectivity index (χ4v) is 5.29. The minimum atomic E-state index is -3.53. The van der Waals surface area contributed by atoms with Crippen LogP contribution in [0.4, 0.5) is 0 Å². The maximum atomic E-state index is 13.1. The van der Waals surface area contributed by atoms with Gasteiger partial charge in [0.05, 0.1) is 18.0 Å². The standard InChI is InChI=1S/C22H28N2O4S/c1-4-23(5-2)29(26,27)20-14-10-18(11-15-20)22(25)24-16-6-7-21(24)17-8-12-19(28-3)13-9-17/h8-15,21H,4-7,16H2,1-3H3. The van der Waals surface area contributed by atoms with Gasteiger partial charge in [-0.2, -0.15) is 4.31 Å². The molecule has 3 rings (SSSR count). The third-order valence-corrected chi connectivity index (χ3v) is 7.52. The van der Waals surface area contributed by atoms with E-state index in [4.69, 9.17) is 4.74 Å². The van der Waals surface area contributed by atoms with Gasteiger partial charge in [-0.15, -0.1) is 0 Å². The second kappa shape index (κ2) is 8.97. The summed E-state index contributed by atoms with van der Waals surface area (Å²) in [5.74, 6) is 0.713. The third kappa shape index (κ3) is 4.31. The highest BCUT2D eigenvalue weighted by molar-refractivity contribution is 7.89. The predicted octanol–water partition coefficient (Wildman–Crippen LogP) is 3.70. The summed E-state index contributed by atoms with van der Waals surface area (Å²) in [6.07, 6.45) is 1.85. The van der Waals surface area contributed by atoms with Gasteiger partial charge in [-0.05, 0) is 54.8 Å². The van der Waals surface area contributed by atoms with Gasteiger partial charge in [-0.1, -0.05) is 26.0 Å². The van der Waals surface area contributed by atoms with Gasteiger partial charge in [0.2, 0.25) is 10.0 Å². The lowest BCUT2D eigenvalue weighted by Crippen LogP contribution is -2.31. The average Bonchev–Trinajstić information content (AvgIpc) is 3.24. The molecule has 156 valence electrons. The summed E-state index contributed by atoms with van der Waals surface area (Å²) in [6, 6.07) is 14.1. The Morgan fingerprint density at radius 3 is 2.24 bits per heavy atom. The van der Waals surface area contributed by atoms with E-state index >= 15 is 0 Å². The highest BCUT2D eigenvalue weighted by Crippen LogP contribution is 2.34. The second-order valence-corrected chi connectivity index (χ2v) is 8.98. The van der Waals surface area contributed by atoms with Crippen molar-refractivity contribution in [1.82, 2.24) is 9.21 Å². The normalized spacial score (nSPS) is 17.0. The molecule has 0 N–H and O–H groups in total. The minimum Gasteiger partial charge on any atom is -0.497 e. The summed E-state index contributed by atoms with van der Waals surface area (Å²) in [4.78, 5) is 15.2. The summed E-state index contributed by atoms with van der Waals surface area (Å²) < 4.78 is 31.9. The quantitative estimate of drug-likeness (QED) is 0.690. The van der Waals surface area contributed by atoms with E-state index in [0.717, 1.165) is 24.2 Å². The summed E-state index contributed by atoms with van der Waals surface area (Å²) in [5.41, 5.74) is 1.58. The van der Waals surface area contributed by atoms with Crippen molar-refractivity contribution < 1.29 is 17.9 Å². The molecule has 1 aliphatic heterocycles. The molecule has 6 nitrogen and oxygen atoms in total. The van der Waals surface area contributed by atoms with Gasteiger partial charge in [0.1, 0.15) is 5.75 Å². The van der Waals surface area contributed by atoms with Gasteiger partial charge in [0, 0.05) is 25.2 Å². The van der Waals surface area contributed by atoms with E-state index in [1.54, 1.807) is 19.2 Å². The van der Waals surface area contributed by atoms with Gasteiger partial charge in [-0.3, -0.25) is 4.79 Å². The summed E-state index contributed by atoms with van der Waals surface area (Å²) >= 11 is 0.